The number of phenols is 1. The Bertz CT molecular complexity index is 624. The number of aryl methyl sites for hydroxylation is 1. The van der Waals surface area contributed by atoms with Crippen molar-refractivity contribution in [2.75, 3.05) is 0 Å². The highest BCUT2D eigenvalue weighted by Crippen LogP contribution is 2.28. The zero-order valence-corrected chi connectivity index (χ0v) is 11.9. The van der Waals surface area contributed by atoms with Crippen LogP contribution in [0.1, 0.15) is 18.1 Å². The largest absolute Gasteiger partial charge is 0.506 e. The summed E-state index contributed by atoms with van der Waals surface area (Å²) in [7, 11) is 0. The fourth-order valence-electron chi connectivity index (χ4n) is 1.64. The second-order valence-corrected chi connectivity index (χ2v) is 4.94. The van der Waals surface area contributed by atoms with E-state index >= 15 is 0 Å². The molecule has 0 amide bonds. The molecule has 0 radical (unpaired) electrons. The third-order valence-electron chi connectivity index (χ3n) is 2.75. The summed E-state index contributed by atoms with van der Waals surface area (Å²) < 4.78 is 0. The Morgan fingerprint density at radius 2 is 1.95 bits per heavy atom. The molecule has 0 saturated heterocycles. The summed E-state index contributed by atoms with van der Waals surface area (Å²) in [4.78, 5) is 4.27. The highest BCUT2D eigenvalue weighted by molar-refractivity contribution is 6.36. The third-order valence-corrected chi connectivity index (χ3v) is 3.32. The van der Waals surface area contributed by atoms with Gasteiger partial charge in [0, 0.05) is 16.8 Å². The maximum Gasteiger partial charge on any atom is 0.141 e. The first-order valence-corrected chi connectivity index (χ1v) is 6.66. The SMILES string of the molecule is CCc1ccc(O)c(N=Cc2ccc(Cl)cc2Cl)c1. The van der Waals surface area contributed by atoms with Crippen molar-refractivity contribution in [2.24, 2.45) is 4.99 Å². The van der Waals surface area contributed by atoms with E-state index < -0.39 is 0 Å². The van der Waals surface area contributed by atoms with Gasteiger partial charge in [0.05, 0.1) is 5.02 Å². The third kappa shape index (κ3) is 3.49. The van der Waals surface area contributed by atoms with Crippen molar-refractivity contribution < 1.29 is 5.11 Å². The monoisotopic (exact) mass is 293 g/mol. The van der Waals surface area contributed by atoms with E-state index in [1.54, 1.807) is 30.5 Å². The van der Waals surface area contributed by atoms with Crippen LogP contribution in [0.2, 0.25) is 10.0 Å². The minimum atomic E-state index is 0.151. The van der Waals surface area contributed by atoms with Crippen LogP contribution in [-0.4, -0.2) is 11.3 Å². The van der Waals surface area contributed by atoms with Crippen molar-refractivity contribution in [1.29, 1.82) is 0 Å². The van der Waals surface area contributed by atoms with Gasteiger partial charge in [-0.25, -0.2) is 0 Å². The van der Waals surface area contributed by atoms with Crippen LogP contribution in [0.15, 0.2) is 41.4 Å². The molecule has 0 aromatic heterocycles. The Hall–Kier alpha value is -1.51. The summed E-state index contributed by atoms with van der Waals surface area (Å²) in [5.41, 5.74) is 2.41. The number of hydrogen-bond acceptors (Lipinski definition) is 2. The number of aliphatic imine (C=N–C) groups is 1. The fourth-order valence-corrected chi connectivity index (χ4v) is 2.09. The van der Waals surface area contributed by atoms with Crippen molar-refractivity contribution in [3.63, 3.8) is 0 Å². The van der Waals surface area contributed by atoms with E-state index in [1.807, 2.05) is 12.1 Å². The van der Waals surface area contributed by atoms with Gasteiger partial charge >= 0.3 is 0 Å². The number of hydrogen-bond donors (Lipinski definition) is 1. The summed E-state index contributed by atoms with van der Waals surface area (Å²) in [6.07, 6.45) is 2.51. The summed E-state index contributed by atoms with van der Waals surface area (Å²) in [5.74, 6) is 0.151. The average molecular weight is 294 g/mol. The highest BCUT2D eigenvalue weighted by Gasteiger charge is 2.02. The zero-order valence-electron chi connectivity index (χ0n) is 10.4. The molecule has 2 aromatic carbocycles. The topological polar surface area (TPSA) is 32.6 Å². The van der Waals surface area contributed by atoms with Gasteiger partial charge < -0.3 is 5.11 Å². The van der Waals surface area contributed by atoms with Gasteiger partial charge in [-0.1, -0.05) is 42.3 Å². The summed E-state index contributed by atoms with van der Waals surface area (Å²) in [5, 5.41) is 10.9. The molecule has 0 aliphatic carbocycles. The first kappa shape index (κ1) is 13.9. The van der Waals surface area contributed by atoms with E-state index in [0.717, 1.165) is 17.5 Å². The Morgan fingerprint density at radius 1 is 1.16 bits per heavy atom. The predicted octanol–water partition coefficient (Wildman–Crippen LogP) is 5.01. The molecule has 1 N–H and O–H groups in total. The highest BCUT2D eigenvalue weighted by atomic mass is 35.5. The lowest BCUT2D eigenvalue weighted by Gasteiger charge is -2.02. The lowest BCUT2D eigenvalue weighted by atomic mass is 10.1. The lowest BCUT2D eigenvalue weighted by Crippen LogP contribution is -1.84. The molecule has 0 fully saturated rings. The van der Waals surface area contributed by atoms with E-state index in [4.69, 9.17) is 23.2 Å². The van der Waals surface area contributed by atoms with Crippen molar-refractivity contribution >= 4 is 35.1 Å². The van der Waals surface area contributed by atoms with Gasteiger partial charge in [0.15, 0.2) is 0 Å². The van der Waals surface area contributed by atoms with Crippen molar-refractivity contribution in [3.8, 4) is 5.75 Å². The molecule has 0 heterocycles. The molecule has 0 unspecified atom stereocenters. The molecular formula is C15H13Cl2NO. The van der Waals surface area contributed by atoms with Crippen LogP contribution in [0.3, 0.4) is 0 Å². The molecule has 2 rings (SSSR count). The van der Waals surface area contributed by atoms with Crippen LogP contribution < -0.4 is 0 Å². The predicted molar refractivity (Wildman–Crippen MR) is 81.2 cm³/mol. The van der Waals surface area contributed by atoms with Gasteiger partial charge in [0.25, 0.3) is 0 Å². The molecule has 98 valence electrons. The number of nitrogens with zero attached hydrogens (tertiary/aromatic N) is 1. The van der Waals surface area contributed by atoms with Gasteiger partial charge in [-0.15, -0.1) is 0 Å². The molecule has 0 aliphatic rings. The minimum Gasteiger partial charge on any atom is -0.506 e. The fraction of sp³-hybridized carbons (Fsp3) is 0.133. The Kier molecular flexibility index (Phi) is 4.46. The Balaban J connectivity index is 2.32. The number of phenolic OH excluding ortho intramolecular Hbond substituents is 1. The van der Waals surface area contributed by atoms with E-state index in [1.165, 1.54) is 0 Å². The van der Waals surface area contributed by atoms with Crippen LogP contribution in [0.4, 0.5) is 5.69 Å². The normalized spacial score (nSPS) is 11.1. The molecule has 19 heavy (non-hydrogen) atoms. The molecular weight excluding hydrogens is 281 g/mol. The second-order valence-electron chi connectivity index (χ2n) is 4.10. The number of halogens is 2. The van der Waals surface area contributed by atoms with Crippen LogP contribution >= 0.6 is 23.2 Å². The van der Waals surface area contributed by atoms with Crippen molar-refractivity contribution in [1.82, 2.24) is 0 Å². The first-order chi connectivity index (χ1) is 9.10. The number of rotatable bonds is 3. The van der Waals surface area contributed by atoms with Gasteiger partial charge in [0.2, 0.25) is 0 Å². The second kappa shape index (κ2) is 6.09. The molecule has 0 atom stereocenters. The smallest absolute Gasteiger partial charge is 0.141 e. The van der Waals surface area contributed by atoms with Crippen molar-refractivity contribution in [2.45, 2.75) is 13.3 Å². The molecule has 0 spiro atoms. The maximum atomic E-state index is 9.75. The zero-order chi connectivity index (χ0) is 13.8. The van der Waals surface area contributed by atoms with Gasteiger partial charge in [-0.05, 0) is 36.2 Å². The Morgan fingerprint density at radius 3 is 2.63 bits per heavy atom. The minimum absolute atomic E-state index is 0.151. The van der Waals surface area contributed by atoms with Crippen molar-refractivity contribution in [3.05, 3.63) is 57.6 Å². The van der Waals surface area contributed by atoms with Gasteiger partial charge in [0.1, 0.15) is 11.4 Å². The van der Waals surface area contributed by atoms with Crippen LogP contribution in [-0.2, 0) is 6.42 Å². The summed E-state index contributed by atoms with van der Waals surface area (Å²) in [6.45, 7) is 2.05. The molecule has 4 heteroatoms. The summed E-state index contributed by atoms with van der Waals surface area (Å²) >= 11 is 11.9. The standard InChI is InChI=1S/C15H13Cl2NO/c1-2-10-3-6-15(19)14(7-10)18-9-11-4-5-12(16)8-13(11)17/h3-9,19H,2H2,1H3. The van der Waals surface area contributed by atoms with E-state index in [9.17, 15) is 5.11 Å². The molecule has 0 aliphatic heterocycles. The van der Waals surface area contributed by atoms with E-state index in [-0.39, 0.29) is 5.75 Å². The first-order valence-electron chi connectivity index (χ1n) is 5.91. The van der Waals surface area contributed by atoms with Crippen LogP contribution in [0.25, 0.3) is 0 Å². The Labute approximate surface area is 122 Å². The lowest BCUT2D eigenvalue weighted by molar-refractivity contribution is 0.476. The van der Waals surface area contributed by atoms with E-state index in [0.29, 0.717) is 15.7 Å². The van der Waals surface area contributed by atoms with Gasteiger partial charge in [-0.3, -0.25) is 4.99 Å². The average Bonchev–Trinajstić information content (AvgIpc) is 2.39. The van der Waals surface area contributed by atoms with Gasteiger partial charge in [-0.2, -0.15) is 0 Å². The van der Waals surface area contributed by atoms with Crippen LogP contribution in [0, 0.1) is 0 Å². The van der Waals surface area contributed by atoms with E-state index in [2.05, 4.69) is 11.9 Å². The van der Waals surface area contributed by atoms with Crippen LogP contribution in [0.5, 0.6) is 5.75 Å². The summed E-state index contributed by atoms with van der Waals surface area (Å²) in [6, 6.07) is 10.6. The number of aromatic hydroxyl groups is 1. The molecule has 2 aromatic rings. The maximum absolute atomic E-state index is 9.75. The quantitative estimate of drug-likeness (QED) is 0.793. The number of benzene rings is 2. The molecule has 0 bridgehead atoms. The molecule has 0 saturated carbocycles. The molecule has 2 nitrogen and oxygen atoms in total.